The van der Waals surface area contributed by atoms with Gasteiger partial charge in [-0.15, -0.1) is 0 Å². The van der Waals surface area contributed by atoms with Crippen molar-refractivity contribution in [1.29, 1.82) is 0 Å². The van der Waals surface area contributed by atoms with Crippen LogP contribution in [0.15, 0.2) is 98.9 Å². The van der Waals surface area contributed by atoms with E-state index in [2.05, 4.69) is 17.4 Å². The van der Waals surface area contributed by atoms with Gasteiger partial charge >= 0.3 is 0 Å². The number of hydrogen-bond donors (Lipinski definition) is 2. The van der Waals surface area contributed by atoms with Gasteiger partial charge in [-0.25, -0.2) is 0 Å². The standard InChI is InChI=1S/C32H32ClN3O5/c1-35(21-28(37)29-8-5-15-40-29)20-26-17-27-31(39)24(16-30(38)34-18-23-9-11-25(33)12-10-23)19-36(32(27)41-26)14-13-22-6-3-2-4-7-22/h2-12,15,17,19,28,37H,13-14,16,18,20-21H2,1H3,(H,34,38)/t28-/m1/s1. The van der Waals surface area contributed by atoms with Gasteiger partial charge in [0.2, 0.25) is 11.6 Å². The molecule has 5 aromatic rings. The van der Waals surface area contributed by atoms with Crippen molar-refractivity contribution in [1.82, 2.24) is 14.8 Å². The monoisotopic (exact) mass is 573 g/mol. The van der Waals surface area contributed by atoms with Gasteiger partial charge in [0.1, 0.15) is 17.6 Å². The molecule has 0 spiro atoms. The third-order valence-electron chi connectivity index (χ3n) is 6.89. The van der Waals surface area contributed by atoms with Gasteiger partial charge in [-0.3, -0.25) is 14.5 Å². The van der Waals surface area contributed by atoms with Crippen LogP contribution in [0.4, 0.5) is 0 Å². The van der Waals surface area contributed by atoms with Crippen molar-refractivity contribution >= 4 is 28.6 Å². The molecule has 3 aromatic heterocycles. The summed E-state index contributed by atoms with van der Waals surface area (Å²) in [7, 11) is 1.86. The molecule has 0 unspecified atom stereocenters. The molecule has 0 saturated heterocycles. The van der Waals surface area contributed by atoms with E-state index >= 15 is 0 Å². The summed E-state index contributed by atoms with van der Waals surface area (Å²) in [5.74, 6) is 0.825. The maximum Gasteiger partial charge on any atom is 0.224 e. The normalized spacial score (nSPS) is 12.2. The Morgan fingerprint density at radius 1 is 1.07 bits per heavy atom. The highest BCUT2D eigenvalue weighted by atomic mass is 35.5. The summed E-state index contributed by atoms with van der Waals surface area (Å²) in [6, 6.07) is 22.5. The quantitative estimate of drug-likeness (QED) is 0.215. The molecular weight excluding hydrogens is 542 g/mol. The topological polar surface area (TPSA) is 101 Å². The number of fused-ring (bicyclic) bond motifs is 1. The van der Waals surface area contributed by atoms with Crippen molar-refractivity contribution in [3.05, 3.63) is 129 Å². The minimum absolute atomic E-state index is 0.0521. The second-order valence-electron chi connectivity index (χ2n) is 10.2. The fourth-order valence-electron chi connectivity index (χ4n) is 4.78. The number of aryl methyl sites for hydroxylation is 2. The number of aromatic nitrogens is 1. The molecule has 1 atom stereocenters. The highest BCUT2D eigenvalue weighted by Crippen LogP contribution is 2.21. The molecule has 8 nitrogen and oxygen atoms in total. The number of pyridine rings is 1. The maximum absolute atomic E-state index is 13.5. The molecule has 2 aromatic carbocycles. The Labute approximate surface area is 242 Å². The van der Waals surface area contributed by atoms with Gasteiger partial charge in [0.25, 0.3) is 0 Å². The summed E-state index contributed by atoms with van der Waals surface area (Å²) in [5.41, 5.74) is 2.70. The molecule has 9 heteroatoms. The number of likely N-dealkylation sites (N-methyl/N-ethyl adjacent to an activating group) is 1. The van der Waals surface area contributed by atoms with Crippen molar-refractivity contribution in [2.24, 2.45) is 0 Å². The summed E-state index contributed by atoms with van der Waals surface area (Å²) in [4.78, 5) is 28.2. The van der Waals surface area contributed by atoms with Crippen molar-refractivity contribution < 1.29 is 18.7 Å². The fourth-order valence-corrected chi connectivity index (χ4v) is 4.91. The van der Waals surface area contributed by atoms with Crippen molar-refractivity contribution in [2.45, 2.75) is 38.6 Å². The van der Waals surface area contributed by atoms with Crippen molar-refractivity contribution in [3.63, 3.8) is 0 Å². The number of amides is 1. The van der Waals surface area contributed by atoms with Crippen LogP contribution in [0.1, 0.15) is 34.3 Å². The Hall–Kier alpha value is -4.11. The molecule has 0 bridgehead atoms. The molecule has 0 saturated carbocycles. The van der Waals surface area contributed by atoms with Crippen LogP contribution in [0.5, 0.6) is 0 Å². The second-order valence-corrected chi connectivity index (χ2v) is 10.6. The van der Waals surface area contributed by atoms with Gasteiger partial charge in [0.05, 0.1) is 24.6 Å². The van der Waals surface area contributed by atoms with E-state index < -0.39 is 6.10 Å². The van der Waals surface area contributed by atoms with Gasteiger partial charge in [0.15, 0.2) is 5.43 Å². The van der Waals surface area contributed by atoms with Crippen LogP contribution < -0.4 is 10.7 Å². The zero-order valence-corrected chi connectivity index (χ0v) is 23.5. The van der Waals surface area contributed by atoms with Crippen LogP contribution in [-0.2, 0) is 37.3 Å². The summed E-state index contributed by atoms with van der Waals surface area (Å²) in [6.45, 7) is 1.61. The third kappa shape index (κ3) is 7.35. The molecular formula is C32H32ClN3O5. The number of nitrogens with one attached hydrogen (secondary N) is 1. The molecule has 212 valence electrons. The van der Waals surface area contributed by atoms with Crippen LogP contribution in [-0.4, -0.2) is 34.1 Å². The first-order chi connectivity index (χ1) is 19.9. The predicted octanol–water partition coefficient (Wildman–Crippen LogP) is 5.11. The van der Waals surface area contributed by atoms with Crippen molar-refractivity contribution in [2.75, 3.05) is 13.6 Å². The number of benzene rings is 2. The number of halogens is 1. The number of hydrogen-bond acceptors (Lipinski definition) is 6. The Morgan fingerprint density at radius 2 is 1.85 bits per heavy atom. The number of carbonyl (C=O) groups excluding carboxylic acids is 1. The van der Waals surface area contributed by atoms with Gasteiger partial charge in [-0.1, -0.05) is 54.1 Å². The molecule has 0 radical (unpaired) electrons. The Morgan fingerprint density at radius 3 is 2.59 bits per heavy atom. The van der Waals surface area contributed by atoms with Gasteiger partial charge in [-0.2, -0.15) is 0 Å². The lowest BCUT2D eigenvalue weighted by Crippen LogP contribution is -2.27. The number of aliphatic hydroxyl groups excluding tert-OH is 1. The number of aliphatic hydroxyl groups is 1. The number of rotatable bonds is 12. The average Bonchev–Trinajstić information content (AvgIpc) is 3.65. The minimum atomic E-state index is -0.789. The number of furan rings is 2. The summed E-state index contributed by atoms with van der Waals surface area (Å²) in [5, 5.41) is 14.4. The van der Waals surface area contributed by atoms with Crippen molar-refractivity contribution in [3.8, 4) is 0 Å². The Balaban J connectivity index is 1.36. The zero-order valence-electron chi connectivity index (χ0n) is 22.8. The lowest BCUT2D eigenvalue weighted by Gasteiger charge is -2.18. The van der Waals surface area contributed by atoms with Crippen LogP contribution in [0.25, 0.3) is 11.1 Å². The molecule has 0 aliphatic rings. The SMILES string of the molecule is CN(Cc1cc2c(=O)c(CC(=O)NCc3ccc(Cl)cc3)cn(CCc3ccccc3)c2o1)C[C@@H](O)c1ccco1. The summed E-state index contributed by atoms with van der Waals surface area (Å²) in [6.07, 6.45) is 3.14. The zero-order chi connectivity index (χ0) is 28.8. The molecule has 1 amide bonds. The number of carbonyl (C=O) groups is 1. The highest BCUT2D eigenvalue weighted by Gasteiger charge is 2.19. The maximum atomic E-state index is 13.5. The average molecular weight is 574 g/mol. The van der Waals surface area contributed by atoms with Crippen LogP contribution in [0.3, 0.4) is 0 Å². The number of nitrogens with zero attached hydrogens (tertiary/aromatic N) is 2. The molecule has 2 N–H and O–H groups in total. The Kier molecular flexibility index (Phi) is 9.04. The lowest BCUT2D eigenvalue weighted by molar-refractivity contribution is -0.120. The van der Waals surface area contributed by atoms with Gasteiger partial charge in [0, 0.05) is 36.4 Å². The molecule has 41 heavy (non-hydrogen) atoms. The van der Waals surface area contributed by atoms with Crippen LogP contribution in [0, 0.1) is 0 Å². The van der Waals surface area contributed by atoms with Crippen LogP contribution >= 0.6 is 11.6 Å². The highest BCUT2D eigenvalue weighted by molar-refractivity contribution is 6.30. The van der Waals surface area contributed by atoms with E-state index in [-0.39, 0.29) is 17.8 Å². The second kappa shape index (κ2) is 13.0. The van der Waals surface area contributed by atoms with E-state index in [9.17, 15) is 14.7 Å². The summed E-state index contributed by atoms with van der Waals surface area (Å²) >= 11 is 5.95. The fraction of sp³-hybridized carbons (Fsp3) is 0.250. The van der Waals surface area contributed by atoms with E-state index in [4.69, 9.17) is 20.4 Å². The molecule has 0 aliphatic carbocycles. The predicted molar refractivity (Wildman–Crippen MR) is 158 cm³/mol. The molecule has 0 fully saturated rings. The Bertz CT molecular complexity index is 1640. The lowest BCUT2D eigenvalue weighted by atomic mass is 10.1. The van der Waals surface area contributed by atoms with Crippen LogP contribution in [0.2, 0.25) is 5.02 Å². The molecule has 5 rings (SSSR count). The molecule has 0 aliphatic heterocycles. The van der Waals surface area contributed by atoms with E-state index in [1.54, 1.807) is 36.5 Å². The largest absolute Gasteiger partial charge is 0.467 e. The first-order valence-electron chi connectivity index (χ1n) is 13.5. The third-order valence-corrected chi connectivity index (χ3v) is 7.14. The van der Waals surface area contributed by atoms with Gasteiger partial charge in [-0.05, 0) is 54.9 Å². The van der Waals surface area contributed by atoms with E-state index in [1.807, 2.05) is 46.8 Å². The van der Waals surface area contributed by atoms with E-state index in [1.165, 1.54) is 6.26 Å². The smallest absolute Gasteiger partial charge is 0.224 e. The first kappa shape index (κ1) is 28.4. The minimum Gasteiger partial charge on any atom is -0.467 e. The van der Waals surface area contributed by atoms with Gasteiger partial charge < -0.3 is 23.8 Å². The van der Waals surface area contributed by atoms with E-state index in [0.717, 1.165) is 17.5 Å². The summed E-state index contributed by atoms with van der Waals surface area (Å²) < 4.78 is 13.4. The molecule has 3 heterocycles. The first-order valence-corrected chi connectivity index (χ1v) is 13.8. The van der Waals surface area contributed by atoms with E-state index in [0.29, 0.717) is 59.4 Å².